The van der Waals surface area contributed by atoms with Crippen LogP contribution in [0.3, 0.4) is 0 Å². The molecule has 0 aromatic rings. The molecule has 0 amide bonds. The summed E-state index contributed by atoms with van der Waals surface area (Å²) >= 11 is 0. The van der Waals surface area contributed by atoms with Gasteiger partial charge in [-0.25, -0.2) is 0 Å². The van der Waals surface area contributed by atoms with Crippen LogP contribution in [0.15, 0.2) is 12.2 Å². The van der Waals surface area contributed by atoms with Crippen molar-refractivity contribution in [2.24, 2.45) is 0 Å². The fourth-order valence-electron chi connectivity index (χ4n) is 9.14. The van der Waals surface area contributed by atoms with Crippen molar-refractivity contribution in [1.29, 1.82) is 0 Å². The first kappa shape index (κ1) is 100. The van der Waals surface area contributed by atoms with Gasteiger partial charge in [0, 0.05) is 24.4 Å². The van der Waals surface area contributed by atoms with E-state index in [4.69, 9.17) is 54.4 Å². The van der Waals surface area contributed by atoms with Crippen LogP contribution >= 0.6 is 0 Å². The number of hydrogen-bond acceptors (Lipinski definition) is 13. The topological polar surface area (TPSA) is 120 Å². The van der Waals surface area contributed by atoms with Crippen LogP contribution in [0.25, 0.3) is 0 Å². The monoisotopic (exact) mass is 1450 g/mol. The van der Waals surface area contributed by atoms with E-state index in [9.17, 15) is 0 Å². The van der Waals surface area contributed by atoms with E-state index in [0.717, 1.165) is 42.2 Å². The van der Waals surface area contributed by atoms with E-state index in [0.29, 0.717) is 18.3 Å². The number of allylic oxidation sites excluding steroid dienone is 1. The third kappa shape index (κ3) is 71.9. The SMILES string of the molecule is C=C(CCCCC)C[SiH]1OC(C)C[SiH](C)O[SiH](C)O1.CC.CC.CC.CC.CC.CC.CCCC(CC)[SiH2]O[SiH2]O[SiH2]C.CCCCCC[SiH]1OC(C)C[SiH](C)O[SiH](C)O1.C[SiH2]O[SiH2]O[SiH2]CCCCCC[SiH]1OC(C)C[Si](C)(C)O[SiH](C)O1. The Morgan fingerprint density at radius 2 is 0.952 bits per heavy atom. The van der Waals surface area contributed by atoms with E-state index in [1.807, 2.05) is 83.1 Å². The molecule has 0 bridgehead atoms. The first-order valence-electron chi connectivity index (χ1n) is 35.3. The van der Waals surface area contributed by atoms with Gasteiger partial charge in [-0.2, -0.15) is 0 Å². The highest BCUT2D eigenvalue weighted by molar-refractivity contribution is 6.78. The Balaban J connectivity index is -0.000000180. The van der Waals surface area contributed by atoms with Crippen LogP contribution in [0.5, 0.6) is 0 Å². The molecule has 3 saturated heterocycles. The van der Waals surface area contributed by atoms with Crippen molar-refractivity contribution in [3.63, 3.8) is 0 Å². The maximum Gasteiger partial charge on any atom is 0.316 e. The van der Waals surface area contributed by atoms with Crippen molar-refractivity contribution in [2.45, 2.75) is 353 Å². The third-order valence-electron chi connectivity index (χ3n) is 12.6. The Bertz CT molecular complexity index is 1210. The van der Waals surface area contributed by atoms with E-state index >= 15 is 0 Å². The van der Waals surface area contributed by atoms with Crippen LogP contribution in [-0.4, -0.2) is 159 Å². The summed E-state index contributed by atoms with van der Waals surface area (Å²) in [6, 6.07) is 7.96. The average Bonchev–Trinajstić information content (AvgIpc) is 3.67. The second-order valence-electron chi connectivity index (χ2n) is 21.1. The van der Waals surface area contributed by atoms with Crippen LogP contribution in [0.1, 0.15) is 228 Å². The predicted molar refractivity (Wildman–Crippen MR) is 416 cm³/mol. The van der Waals surface area contributed by atoms with E-state index < -0.39 is 102 Å². The van der Waals surface area contributed by atoms with Gasteiger partial charge in [0.05, 0.1) is 0 Å². The molecule has 0 radical (unpaired) electrons. The summed E-state index contributed by atoms with van der Waals surface area (Å²) < 4.78 is 77.5. The lowest BCUT2D eigenvalue weighted by molar-refractivity contribution is 0.180. The Kier molecular flexibility index (Phi) is 92.8. The van der Waals surface area contributed by atoms with Gasteiger partial charge < -0.3 is 54.4 Å². The van der Waals surface area contributed by atoms with Gasteiger partial charge in [-0.3, -0.25) is 0 Å². The fraction of sp³-hybridized carbons (Fsp3) is 0.964. The van der Waals surface area contributed by atoms with Gasteiger partial charge in [-0.1, -0.05) is 219 Å². The van der Waals surface area contributed by atoms with Crippen molar-refractivity contribution >= 4 is 141 Å². The molecule has 0 saturated carbocycles. The first-order chi connectivity index (χ1) is 40.4. The Morgan fingerprint density at radius 3 is 1.43 bits per heavy atom. The fourth-order valence-corrected chi connectivity index (χ4v) is 46.2. The van der Waals surface area contributed by atoms with Crippen molar-refractivity contribution in [3.05, 3.63) is 12.2 Å². The first-order valence-corrected chi connectivity index (χ1v) is 64.1. The Morgan fingerprint density at radius 1 is 0.524 bits per heavy atom. The van der Waals surface area contributed by atoms with E-state index in [1.54, 1.807) is 0 Å². The molecule has 0 aromatic carbocycles. The van der Waals surface area contributed by atoms with Gasteiger partial charge in [-0.15, -0.1) is 0 Å². The molecule has 13 nitrogen and oxygen atoms in total. The summed E-state index contributed by atoms with van der Waals surface area (Å²) in [5, 5.41) is 0. The summed E-state index contributed by atoms with van der Waals surface area (Å²) in [7, 11) is -14.5. The van der Waals surface area contributed by atoms with Gasteiger partial charge >= 0.3 is 27.9 Å². The average molecular weight is 1460 g/mol. The molecule has 3 aliphatic rings. The zero-order valence-electron chi connectivity index (χ0n) is 61.7. The smallest absolute Gasteiger partial charge is 0.316 e. The molecular weight excluding hydrogens is 1300 g/mol. The minimum atomic E-state index is -1.59. The number of rotatable bonds is 30. The second kappa shape index (κ2) is 77.9. The molecule has 516 valence electrons. The Hall–Kier alpha value is 2.47. The normalized spacial score (nSPS) is 25.6. The van der Waals surface area contributed by atoms with E-state index in [-0.39, 0.29) is 39.1 Å². The van der Waals surface area contributed by atoms with Gasteiger partial charge in [0.1, 0.15) is 29.3 Å². The molecule has 0 N–H and O–H groups in total. The summed E-state index contributed by atoms with van der Waals surface area (Å²) in [6.45, 7) is 63.6. The second-order valence-corrected chi connectivity index (χ2v) is 54.7. The van der Waals surface area contributed by atoms with Crippen molar-refractivity contribution in [2.75, 3.05) is 0 Å². The molecule has 3 fully saturated rings. The lowest BCUT2D eigenvalue weighted by atomic mass is 10.1. The van der Waals surface area contributed by atoms with Crippen LogP contribution in [-0.2, 0) is 54.4 Å². The van der Waals surface area contributed by atoms with E-state index in [2.05, 4.69) is 114 Å². The summed E-state index contributed by atoms with van der Waals surface area (Å²) in [6.07, 6.45) is 20.3. The highest BCUT2D eigenvalue weighted by atomic mass is 28.4. The van der Waals surface area contributed by atoms with Crippen LogP contribution in [0, 0.1) is 0 Å². The number of hydrogen-bond donors (Lipinski definition) is 0. The van der Waals surface area contributed by atoms with Gasteiger partial charge in [0.15, 0.2) is 36.2 Å². The lowest BCUT2D eigenvalue weighted by Gasteiger charge is -2.36. The van der Waals surface area contributed by atoms with Crippen molar-refractivity contribution < 1.29 is 54.4 Å². The molecule has 0 aromatic heterocycles. The van der Waals surface area contributed by atoms with Crippen LogP contribution in [0.4, 0.5) is 0 Å². The highest BCUT2D eigenvalue weighted by Gasteiger charge is 2.34. The molecule has 28 heteroatoms. The molecule has 12 unspecified atom stereocenters. The molecule has 3 rings (SSSR count). The van der Waals surface area contributed by atoms with Gasteiger partial charge in [0.2, 0.25) is 0 Å². The summed E-state index contributed by atoms with van der Waals surface area (Å²) in [5.41, 5.74) is 2.22. The molecule has 0 spiro atoms. The quantitative estimate of drug-likeness (QED) is 0.0386. The largest absolute Gasteiger partial charge is 0.447 e. The Labute approximate surface area is 556 Å². The minimum absolute atomic E-state index is 0.190. The van der Waals surface area contributed by atoms with Crippen LogP contribution < -0.4 is 0 Å². The summed E-state index contributed by atoms with van der Waals surface area (Å²) in [4.78, 5) is 0. The van der Waals surface area contributed by atoms with E-state index in [1.165, 1.54) is 108 Å². The molecule has 3 heterocycles. The van der Waals surface area contributed by atoms with Crippen molar-refractivity contribution in [3.8, 4) is 0 Å². The molecule has 3 aliphatic heterocycles. The zero-order valence-corrected chi connectivity index (χ0v) is 80.5. The summed E-state index contributed by atoms with van der Waals surface area (Å²) in [5.74, 6) is 0. The maximum absolute atomic E-state index is 6.28. The lowest BCUT2D eigenvalue weighted by Crippen LogP contribution is -2.47. The maximum atomic E-state index is 6.28. The molecule has 0 aliphatic carbocycles. The zero-order chi connectivity index (χ0) is 66.0. The molecule has 12 atom stereocenters. The minimum Gasteiger partial charge on any atom is -0.447 e. The molecule has 84 heavy (non-hydrogen) atoms. The molecular formula is C56H154O13Si15. The standard InChI is InChI=1S/C13H38O5Si6.C13H30O3Si3.C11H28O3Si3.C7H22O2Si3.6C2H6/c1-13-12-24(4,5)18-22(3)17-23(14-13)11-9-7-6-8-10-20-16-21-15-19-2;1-6-7-8-9-12(2)10-19-14-13(3)11-17(4)15-18(5)16-19;1-5-6-7-8-9-17-12-11(2)10-15(3)13-16(4)14-17;1-4-6-7(5-2)11-9-12-8-10-3;6*1-2/h13,22-23H,6-12,19-21H2,1-5H3;13,17-19H,2,6-11H2,1,3-5H3;11,15-17H,5-10H2,1-4H3;7H,4-6,10-12H2,1-3H3;6*1-2H3. The predicted octanol–water partition coefficient (Wildman–Crippen LogP) is 12.8. The van der Waals surface area contributed by atoms with Gasteiger partial charge in [-0.05, 0) is 121 Å². The van der Waals surface area contributed by atoms with Crippen LogP contribution in [0.2, 0.25) is 107 Å². The third-order valence-corrected chi connectivity index (χ3v) is 51.0. The van der Waals surface area contributed by atoms with Crippen molar-refractivity contribution in [1.82, 2.24) is 0 Å². The highest BCUT2D eigenvalue weighted by Crippen LogP contribution is 2.24. The van der Waals surface area contributed by atoms with Gasteiger partial charge in [0.25, 0.3) is 47.9 Å². The number of unbranched alkanes of at least 4 members (excludes halogenated alkanes) is 8.